The molecule has 0 spiro atoms. The minimum atomic E-state index is -0.128. The molecule has 0 aliphatic carbocycles. The topological polar surface area (TPSA) is 53.1 Å². The van der Waals surface area contributed by atoms with E-state index < -0.39 is 0 Å². The summed E-state index contributed by atoms with van der Waals surface area (Å²) in [6, 6.07) is 5.98. The number of hydrogen-bond acceptors (Lipinski definition) is 3. The highest BCUT2D eigenvalue weighted by Crippen LogP contribution is 2.29. The van der Waals surface area contributed by atoms with Crippen LogP contribution in [0.25, 0.3) is 0 Å². The monoisotopic (exact) mass is 337 g/mol. The van der Waals surface area contributed by atoms with Crippen LogP contribution in [0.2, 0.25) is 0 Å². The van der Waals surface area contributed by atoms with Crippen LogP contribution in [-0.2, 0) is 13.5 Å². The molecule has 20 heavy (non-hydrogen) atoms. The fraction of sp³-hybridized carbons (Fsp3) is 0.400. The van der Waals surface area contributed by atoms with Gasteiger partial charge in [0.2, 0.25) is 0 Å². The second kappa shape index (κ2) is 5.97. The van der Waals surface area contributed by atoms with E-state index in [-0.39, 0.29) is 6.04 Å². The molecule has 0 aliphatic heterocycles. The van der Waals surface area contributed by atoms with E-state index in [0.29, 0.717) is 6.42 Å². The zero-order valence-corrected chi connectivity index (χ0v) is 13.9. The van der Waals surface area contributed by atoms with Crippen LogP contribution in [-0.4, -0.2) is 16.9 Å². The van der Waals surface area contributed by atoms with E-state index in [2.05, 4.69) is 27.1 Å². The maximum atomic E-state index is 6.36. The van der Waals surface area contributed by atoms with Crippen molar-refractivity contribution >= 4 is 15.9 Å². The van der Waals surface area contributed by atoms with Crippen molar-refractivity contribution in [3.05, 3.63) is 45.2 Å². The first kappa shape index (κ1) is 15.1. The number of nitrogens with two attached hydrogens (primary N) is 1. The third-order valence-electron chi connectivity index (χ3n) is 3.46. The first-order valence-corrected chi connectivity index (χ1v) is 7.31. The van der Waals surface area contributed by atoms with Gasteiger partial charge in [-0.15, -0.1) is 0 Å². The predicted molar refractivity (Wildman–Crippen MR) is 84.0 cm³/mol. The Balaban J connectivity index is 2.30. The van der Waals surface area contributed by atoms with E-state index in [9.17, 15) is 0 Å². The van der Waals surface area contributed by atoms with Gasteiger partial charge in [0.1, 0.15) is 5.75 Å². The average molecular weight is 338 g/mol. The third-order valence-corrected chi connectivity index (χ3v) is 4.49. The first-order valence-electron chi connectivity index (χ1n) is 6.52. The van der Waals surface area contributed by atoms with Gasteiger partial charge in [0.25, 0.3) is 0 Å². The number of hydrogen-bond donors (Lipinski definition) is 1. The minimum Gasteiger partial charge on any atom is -0.496 e. The Morgan fingerprint density at radius 1 is 1.40 bits per heavy atom. The predicted octanol–water partition coefficient (Wildman–Crippen LogP) is 3.05. The highest BCUT2D eigenvalue weighted by Gasteiger charge is 2.18. The highest BCUT2D eigenvalue weighted by molar-refractivity contribution is 9.10. The quantitative estimate of drug-likeness (QED) is 0.932. The molecule has 0 radical (unpaired) electrons. The van der Waals surface area contributed by atoms with Gasteiger partial charge in [-0.25, -0.2) is 0 Å². The van der Waals surface area contributed by atoms with E-state index in [1.165, 1.54) is 0 Å². The highest BCUT2D eigenvalue weighted by atomic mass is 79.9. The standard InChI is InChI=1S/C15H20BrN3O/c1-9-5-6-11(14(7-9)20-4)12(17)8-13-15(16)10(2)18-19(13)3/h5-7,12H,8,17H2,1-4H3. The van der Waals surface area contributed by atoms with Crippen LogP contribution < -0.4 is 10.5 Å². The van der Waals surface area contributed by atoms with Crippen molar-refractivity contribution in [2.24, 2.45) is 12.8 Å². The second-order valence-electron chi connectivity index (χ2n) is 5.03. The van der Waals surface area contributed by atoms with Crippen molar-refractivity contribution in [3.8, 4) is 5.75 Å². The van der Waals surface area contributed by atoms with Gasteiger partial charge in [0.15, 0.2) is 0 Å². The number of methoxy groups -OCH3 is 1. The van der Waals surface area contributed by atoms with Gasteiger partial charge in [-0.1, -0.05) is 12.1 Å². The van der Waals surface area contributed by atoms with Crippen molar-refractivity contribution in [3.63, 3.8) is 0 Å². The number of aromatic nitrogens is 2. The molecule has 2 rings (SSSR count). The van der Waals surface area contributed by atoms with Crippen LogP contribution in [0.15, 0.2) is 22.7 Å². The number of benzene rings is 1. The summed E-state index contributed by atoms with van der Waals surface area (Å²) in [7, 11) is 3.61. The maximum Gasteiger partial charge on any atom is 0.123 e. The average Bonchev–Trinajstić information content (AvgIpc) is 2.65. The smallest absolute Gasteiger partial charge is 0.123 e. The molecule has 0 saturated heterocycles. The normalized spacial score (nSPS) is 12.5. The molecule has 0 bridgehead atoms. The van der Waals surface area contributed by atoms with Crippen LogP contribution >= 0.6 is 15.9 Å². The molecule has 1 heterocycles. The van der Waals surface area contributed by atoms with E-state index in [1.54, 1.807) is 7.11 Å². The zero-order chi connectivity index (χ0) is 14.9. The molecule has 2 aromatic rings. The summed E-state index contributed by atoms with van der Waals surface area (Å²) in [6.07, 6.45) is 0.706. The molecule has 0 fully saturated rings. The molecule has 1 aromatic carbocycles. The minimum absolute atomic E-state index is 0.128. The number of rotatable bonds is 4. The van der Waals surface area contributed by atoms with Crippen LogP contribution in [0.4, 0.5) is 0 Å². The van der Waals surface area contributed by atoms with Crippen LogP contribution in [0.3, 0.4) is 0 Å². The van der Waals surface area contributed by atoms with Crippen molar-refractivity contribution in [1.29, 1.82) is 0 Å². The Morgan fingerprint density at radius 2 is 2.10 bits per heavy atom. The SMILES string of the molecule is COc1cc(C)ccc1C(N)Cc1c(Br)c(C)nn1C. The summed E-state index contributed by atoms with van der Waals surface area (Å²) in [5.41, 5.74) is 10.6. The van der Waals surface area contributed by atoms with Crippen LogP contribution in [0.1, 0.15) is 28.6 Å². The van der Waals surface area contributed by atoms with Gasteiger partial charge < -0.3 is 10.5 Å². The van der Waals surface area contributed by atoms with Gasteiger partial charge in [0, 0.05) is 25.1 Å². The largest absolute Gasteiger partial charge is 0.496 e. The van der Waals surface area contributed by atoms with Crippen molar-refractivity contribution in [2.45, 2.75) is 26.3 Å². The zero-order valence-electron chi connectivity index (χ0n) is 12.3. The number of halogens is 1. The first-order chi connectivity index (χ1) is 9.43. The fourth-order valence-corrected chi connectivity index (χ4v) is 2.84. The third kappa shape index (κ3) is 2.88. The van der Waals surface area contributed by atoms with Crippen LogP contribution in [0.5, 0.6) is 5.75 Å². The molecular formula is C15H20BrN3O. The molecule has 108 valence electrons. The van der Waals surface area contributed by atoms with E-state index in [4.69, 9.17) is 10.5 Å². The molecule has 0 amide bonds. The number of ether oxygens (including phenoxy) is 1. The molecule has 0 saturated carbocycles. The summed E-state index contributed by atoms with van der Waals surface area (Å²) < 4.78 is 8.34. The summed E-state index contributed by atoms with van der Waals surface area (Å²) in [5, 5.41) is 4.40. The molecule has 4 nitrogen and oxygen atoms in total. The van der Waals surface area contributed by atoms with E-state index in [0.717, 1.165) is 32.7 Å². The molecule has 5 heteroatoms. The Labute approximate surface area is 128 Å². The second-order valence-corrected chi connectivity index (χ2v) is 5.82. The fourth-order valence-electron chi connectivity index (χ4n) is 2.34. The summed E-state index contributed by atoms with van der Waals surface area (Å²) in [5.74, 6) is 0.840. The van der Waals surface area contributed by atoms with Crippen molar-refractivity contribution in [1.82, 2.24) is 9.78 Å². The van der Waals surface area contributed by atoms with Gasteiger partial charge in [-0.05, 0) is 41.4 Å². The van der Waals surface area contributed by atoms with Gasteiger partial charge in [-0.2, -0.15) is 5.10 Å². The molecule has 1 atom stereocenters. The Bertz CT molecular complexity index is 622. The van der Waals surface area contributed by atoms with Gasteiger partial charge in [-0.3, -0.25) is 4.68 Å². The summed E-state index contributed by atoms with van der Waals surface area (Å²) in [4.78, 5) is 0. The van der Waals surface area contributed by atoms with Gasteiger partial charge >= 0.3 is 0 Å². The van der Waals surface area contributed by atoms with Crippen molar-refractivity contribution in [2.75, 3.05) is 7.11 Å². The lowest BCUT2D eigenvalue weighted by atomic mass is 10.00. The van der Waals surface area contributed by atoms with E-state index in [1.807, 2.05) is 37.7 Å². The Morgan fingerprint density at radius 3 is 2.65 bits per heavy atom. The molecule has 0 aliphatic rings. The number of nitrogens with zero attached hydrogens (tertiary/aromatic N) is 2. The number of aryl methyl sites for hydroxylation is 3. The van der Waals surface area contributed by atoms with Crippen molar-refractivity contribution < 1.29 is 4.74 Å². The van der Waals surface area contributed by atoms with E-state index >= 15 is 0 Å². The summed E-state index contributed by atoms with van der Waals surface area (Å²) >= 11 is 3.58. The lowest BCUT2D eigenvalue weighted by molar-refractivity contribution is 0.404. The molecule has 1 aromatic heterocycles. The Hall–Kier alpha value is -1.33. The molecular weight excluding hydrogens is 318 g/mol. The molecule has 1 unspecified atom stereocenters. The van der Waals surface area contributed by atoms with Gasteiger partial charge in [0.05, 0.1) is 23.0 Å². The Kier molecular flexibility index (Phi) is 4.50. The molecule has 2 N–H and O–H groups in total. The lowest BCUT2D eigenvalue weighted by Gasteiger charge is -2.16. The lowest BCUT2D eigenvalue weighted by Crippen LogP contribution is -2.16. The summed E-state index contributed by atoms with van der Waals surface area (Å²) in [6.45, 7) is 4.02. The van der Waals surface area contributed by atoms with Crippen LogP contribution in [0, 0.1) is 13.8 Å². The maximum absolute atomic E-state index is 6.36.